The number of hydrogen-bond acceptors (Lipinski definition) is 5. The Morgan fingerprint density at radius 3 is 2.56 bits per heavy atom. The Labute approximate surface area is 165 Å². The van der Waals surface area contributed by atoms with Crippen LogP contribution in [0.25, 0.3) is 0 Å². The van der Waals surface area contributed by atoms with E-state index in [1.165, 1.54) is 49.5 Å². The molecule has 2 rings (SSSR count). The summed E-state index contributed by atoms with van der Waals surface area (Å²) in [4.78, 5) is 13.1. The topological polar surface area (TPSA) is 62.1 Å². The minimum Gasteiger partial charge on any atom is -0.494 e. The van der Waals surface area contributed by atoms with Crippen molar-refractivity contribution in [2.75, 3.05) is 11.9 Å². The van der Waals surface area contributed by atoms with Gasteiger partial charge in [-0.3, -0.25) is 4.79 Å². The maximum atomic E-state index is 12.0. The molecular formula is C22H26N2O2S. The van der Waals surface area contributed by atoms with E-state index < -0.39 is 0 Å². The predicted octanol–water partition coefficient (Wildman–Crippen LogP) is 6.17. The van der Waals surface area contributed by atoms with Crippen LogP contribution in [0.2, 0.25) is 0 Å². The summed E-state index contributed by atoms with van der Waals surface area (Å²) in [6, 6.07) is 13.1. The quantitative estimate of drug-likeness (QED) is 0.271. The summed E-state index contributed by atoms with van der Waals surface area (Å²) in [5.74, 6) is 0.740. The van der Waals surface area contributed by atoms with Crippen molar-refractivity contribution in [3.63, 3.8) is 0 Å². The van der Waals surface area contributed by atoms with E-state index in [0.29, 0.717) is 9.75 Å². The third kappa shape index (κ3) is 7.67. The van der Waals surface area contributed by atoms with Gasteiger partial charge in [0.05, 0.1) is 11.5 Å². The largest absolute Gasteiger partial charge is 0.494 e. The molecule has 0 saturated heterocycles. The zero-order valence-electron chi connectivity index (χ0n) is 15.7. The molecule has 4 nitrogen and oxygen atoms in total. The number of nitriles is 1. The molecule has 1 aromatic carbocycles. The van der Waals surface area contributed by atoms with Crippen molar-refractivity contribution in [2.24, 2.45) is 0 Å². The number of carbonyl (C=O) groups excluding carboxylic acids is 1. The van der Waals surface area contributed by atoms with Gasteiger partial charge in [0.1, 0.15) is 16.7 Å². The normalized spacial score (nSPS) is 10.7. The zero-order valence-corrected chi connectivity index (χ0v) is 16.6. The first-order valence-corrected chi connectivity index (χ1v) is 10.2. The minimum atomic E-state index is -0.118. The molecule has 0 aliphatic carbocycles. The SMILES string of the molecule is CCCCCCCCOc1ccc(N/C=C\C(=O)c2ccc(C#N)s2)cc1. The second kappa shape index (κ2) is 11.9. The average Bonchev–Trinajstić information content (AvgIpc) is 3.18. The molecule has 1 aromatic heterocycles. The van der Waals surface area contributed by atoms with Gasteiger partial charge in [0.15, 0.2) is 5.78 Å². The van der Waals surface area contributed by atoms with E-state index in [1.54, 1.807) is 18.3 Å². The number of benzene rings is 1. The van der Waals surface area contributed by atoms with E-state index in [2.05, 4.69) is 12.2 Å². The number of carbonyl (C=O) groups is 1. The molecule has 0 aliphatic heterocycles. The molecule has 5 heteroatoms. The highest BCUT2D eigenvalue weighted by molar-refractivity contribution is 7.14. The van der Waals surface area contributed by atoms with Crippen LogP contribution in [-0.2, 0) is 0 Å². The van der Waals surface area contributed by atoms with E-state index in [4.69, 9.17) is 10.00 Å². The lowest BCUT2D eigenvalue weighted by Gasteiger charge is -2.07. The van der Waals surface area contributed by atoms with Crippen LogP contribution in [-0.4, -0.2) is 12.4 Å². The molecule has 0 saturated carbocycles. The van der Waals surface area contributed by atoms with Gasteiger partial charge in [-0.05, 0) is 42.8 Å². The molecule has 142 valence electrons. The zero-order chi connectivity index (χ0) is 19.3. The maximum absolute atomic E-state index is 12.0. The fourth-order valence-electron chi connectivity index (χ4n) is 2.55. The molecule has 1 heterocycles. The number of nitrogens with one attached hydrogen (secondary N) is 1. The molecule has 0 unspecified atom stereocenters. The first kappa shape index (κ1) is 20.7. The summed E-state index contributed by atoms with van der Waals surface area (Å²) in [6.07, 6.45) is 10.6. The Kier molecular flexibility index (Phi) is 9.15. The summed E-state index contributed by atoms with van der Waals surface area (Å²) in [5.41, 5.74) is 0.884. The molecule has 0 radical (unpaired) electrons. The third-order valence-corrected chi connectivity index (χ3v) is 5.07. The monoisotopic (exact) mass is 382 g/mol. The van der Waals surface area contributed by atoms with E-state index in [1.807, 2.05) is 30.3 Å². The van der Waals surface area contributed by atoms with Crippen LogP contribution in [0.3, 0.4) is 0 Å². The second-order valence-electron chi connectivity index (χ2n) is 6.26. The third-order valence-electron chi connectivity index (χ3n) is 4.06. The summed E-state index contributed by atoms with van der Waals surface area (Å²) >= 11 is 1.20. The smallest absolute Gasteiger partial charge is 0.197 e. The van der Waals surface area contributed by atoms with Gasteiger partial charge in [0.25, 0.3) is 0 Å². The van der Waals surface area contributed by atoms with Crippen LogP contribution in [0.5, 0.6) is 5.75 Å². The predicted molar refractivity (Wildman–Crippen MR) is 111 cm³/mol. The number of thiophene rings is 1. The van der Waals surface area contributed by atoms with Crippen molar-refractivity contribution in [3.8, 4) is 11.8 Å². The molecule has 0 bridgehead atoms. The van der Waals surface area contributed by atoms with Crippen LogP contribution in [0, 0.1) is 11.3 Å². The van der Waals surface area contributed by atoms with Gasteiger partial charge in [-0.1, -0.05) is 39.0 Å². The molecule has 0 aliphatic rings. The molecule has 27 heavy (non-hydrogen) atoms. The fraction of sp³-hybridized carbons (Fsp3) is 0.364. The molecule has 2 aromatic rings. The molecule has 0 spiro atoms. The van der Waals surface area contributed by atoms with Gasteiger partial charge in [-0.2, -0.15) is 5.26 Å². The van der Waals surface area contributed by atoms with Crippen molar-refractivity contribution in [1.82, 2.24) is 0 Å². The van der Waals surface area contributed by atoms with Gasteiger partial charge in [-0.15, -0.1) is 11.3 Å². The highest BCUT2D eigenvalue weighted by Crippen LogP contribution is 2.18. The van der Waals surface area contributed by atoms with E-state index in [-0.39, 0.29) is 5.78 Å². The Morgan fingerprint density at radius 1 is 1.11 bits per heavy atom. The summed E-state index contributed by atoms with van der Waals surface area (Å²) in [7, 11) is 0. The maximum Gasteiger partial charge on any atom is 0.197 e. The van der Waals surface area contributed by atoms with Crippen molar-refractivity contribution in [2.45, 2.75) is 45.4 Å². The number of hydrogen-bond donors (Lipinski definition) is 1. The van der Waals surface area contributed by atoms with Crippen molar-refractivity contribution >= 4 is 22.8 Å². The summed E-state index contributed by atoms with van der Waals surface area (Å²) < 4.78 is 5.76. The highest BCUT2D eigenvalue weighted by Gasteiger charge is 2.05. The van der Waals surface area contributed by atoms with Gasteiger partial charge in [0.2, 0.25) is 0 Å². The van der Waals surface area contributed by atoms with Gasteiger partial charge in [0, 0.05) is 18.0 Å². The first-order valence-electron chi connectivity index (χ1n) is 9.43. The number of rotatable bonds is 12. The Morgan fingerprint density at radius 2 is 1.85 bits per heavy atom. The Balaban J connectivity index is 1.69. The average molecular weight is 383 g/mol. The highest BCUT2D eigenvalue weighted by atomic mass is 32.1. The number of ketones is 1. The van der Waals surface area contributed by atoms with Crippen LogP contribution < -0.4 is 10.1 Å². The lowest BCUT2D eigenvalue weighted by atomic mass is 10.1. The number of nitrogens with zero attached hydrogens (tertiary/aromatic N) is 1. The van der Waals surface area contributed by atoms with Crippen LogP contribution in [0.15, 0.2) is 48.7 Å². The first-order chi connectivity index (χ1) is 13.2. The number of ether oxygens (including phenoxy) is 1. The summed E-state index contributed by atoms with van der Waals surface area (Å²) in [6.45, 7) is 2.98. The van der Waals surface area contributed by atoms with Crippen molar-refractivity contribution in [1.29, 1.82) is 5.26 Å². The van der Waals surface area contributed by atoms with Crippen LogP contribution >= 0.6 is 11.3 Å². The van der Waals surface area contributed by atoms with Gasteiger partial charge in [-0.25, -0.2) is 0 Å². The van der Waals surface area contributed by atoms with E-state index in [9.17, 15) is 4.79 Å². The second-order valence-corrected chi connectivity index (χ2v) is 7.34. The lowest BCUT2D eigenvalue weighted by molar-refractivity contribution is 0.105. The fourth-order valence-corrected chi connectivity index (χ4v) is 3.27. The molecule has 0 fully saturated rings. The molecule has 0 amide bonds. The van der Waals surface area contributed by atoms with E-state index >= 15 is 0 Å². The standard InChI is InChI=1S/C22H26N2O2S/c1-2-3-4-5-6-7-16-26-19-10-8-18(9-11-19)24-15-14-21(25)22-13-12-20(17-23)27-22/h8-15,24H,2-7,16H2,1H3/b15-14-. The van der Waals surface area contributed by atoms with Crippen LogP contribution in [0.1, 0.15) is 60.0 Å². The number of allylic oxidation sites excluding steroid dienone is 1. The van der Waals surface area contributed by atoms with E-state index in [0.717, 1.165) is 24.5 Å². The van der Waals surface area contributed by atoms with Gasteiger partial charge < -0.3 is 10.1 Å². The molecular weight excluding hydrogens is 356 g/mol. The summed E-state index contributed by atoms with van der Waals surface area (Å²) in [5, 5.41) is 11.9. The Bertz CT molecular complexity index is 772. The Hall–Kier alpha value is -2.58. The van der Waals surface area contributed by atoms with Gasteiger partial charge >= 0.3 is 0 Å². The number of anilines is 1. The molecule has 0 atom stereocenters. The molecule has 1 N–H and O–H groups in total. The minimum absolute atomic E-state index is 0.118. The number of unbranched alkanes of at least 4 members (excludes halogenated alkanes) is 5. The van der Waals surface area contributed by atoms with Crippen molar-refractivity contribution < 1.29 is 9.53 Å². The van der Waals surface area contributed by atoms with Crippen molar-refractivity contribution in [3.05, 3.63) is 58.4 Å². The lowest BCUT2D eigenvalue weighted by Crippen LogP contribution is -1.97. The van der Waals surface area contributed by atoms with Crippen LogP contribution in [0.4, 0.5) is 5.69 Å².